The minimum Gasteiger partial charge on any atom is -0.477 e. The lowest BCUT2D eigenvalue weighted by Crippen LogP contribution is -2.29. The van der Waals surface area contributed by atoms with E-state index in [1.165, 1.54) is 4.31 Å². The summed E-state index contributed by atoms with van der Waals surface area (Å²) < 4.78 is 26.3. The first kappa shape index (κ1) is 13.5. The van der Waals surface area contributed by atoms with Crippen LogP contribution in [-0.2, 0) is 10.0 Å². The highest BCUT2D eigenvalue weighted by molar-refractivity contribution is 7.89. The molecule has 0 aliphatic carbocycles. The van der Waals surface area contributed by atoms with Crippen molar-refractivity contribution in [1.82, 2.24) is 4.31 Å². The molecule has 0 spiro atoms. The van der Waals surface area contributed by atoms with Gasteiger partial charge in [-0.05, 0) is 30.2 Å². The van der Waals surface area contributed by atoms with Gasteiger partial charge in [0.2, 0.25) is 10.0 Å². The van der Waals surface area contributed by atoms with Gasteiger partial charge in [-0.15, -0.1) is 11.3 Å². The highest BCUT2D eigenvalue weighted by Gasteiger charge is 2.35. The van der Waals surface area contributed by atoms with Crippen molar-refractivity contribution in [3.8, 4) is 0 Å². The number of carbonyl (C=O) groups is 1. The third-order valence-corrected chi connectivity index (χ3v) is 6.37. The number of aryl methyl sites for hydroxylation is 1. The Morgan fingerprint density at radius 1 is 1.56 bits per heavy atom. The molecule has 1 atom stereocenters. The van der Waals surface area contributed by atoms with Gasteiger partial charge in [0.25, 0.3) is 0 Å². The zero-order valence-corrected chi connectivity index (χ0v) is 11.8. The molecule has 1 aromatic heterocycles. The second kappa shape index (κ2) is 4.64. The van der Waals surface area contributed by atoms with Crippen molar-refractivity contribution in [2.24, 2.45) is 5.92 Å². The van der Waals surface area contributed by atoms with E-state index in [-0.39, 0.29) is 9.77 Å². The molecule has 1 aromatic rings. The molecule has 100 valence electrons. The van der Waals surface area contributed by atoms with Crippen LogP contribution in [0.25, 0.3) is 0 Å². The van der Waals surface area contributed by atoms with E-state index in [9.17, 15) is 13.2 Å². The van der Waals surface area contributed by atoms with Crippen LogP contribution in [0.3, 0.4) is 0 Å². The largest absolute Gasteiger partial charge is 0.477 e. The van der Waals surface area contributed by atoms with Gasteiger partial charge in [0, 0.05) is 13.1 Å². The van der Waals surface area contributed by atoms with Gasteiger partial charge in [-0.3, -0.25) is 0 Å². The van der Waals surface area contributed by atoms with E-state index in [2.05, 4.69) is 0 Å². The third kappa shape index (κ3) is 2.17. The Balaban J connectivity index is 2.48. The van der Waals surface area contributed by atoms with E-state index in [0.717, 1.165) is 17.8 Å². The summed E-state index contributed by atoms with van der Waals surface area (Å²) >= 11 is 0.965. The molecule has 7 heteroatoms. The molecule has 0 amide bonds. The van der Waals surface area contributed by atoms with Gasteiger partial charge in [0.15, 0.2) is 0 Å². The summed E-state index contributed by atoms with van der Waals surface area (Å²) in [6.45, 7) is 4.57. The molecule has 2 heterocycles. The van der Waals surface area contributed by atoms with Crippen molar-refractivity contribution >= 4 is 27.3 Å². The van der Waals surface area contributed by atoms with Crippen molar-refractivity contribution in [3.63, 3.8) is 0 Å². The van der Waals surface area contributed by atoms with E-state index in [1.54, 1.807) is 12.3 Å². The normalized spacial score (nSPS) is 21.3. The first-order valence-corrected chi connectivity index (χ1v) is 7.97. The molecule has 2 rings (SSSR count). The molecule has 18 heavy (non-hydrogen) atoms. The zero-order chi connectivity index (χ0) is 13.5. The molecular formula is C11H15NO4S2. The highest BCUT2D eigenvalue weighted by Crippen LogP contribution is 2.32. The average molecular weight is 289 g/mol. The quantitative estimate of drug-likeness (QED) is 0.920. The first-order chi connectivity index (χ1) is 8.34. The number of thiophene rings is 1. The Bertz CT molecular complexity index is 576. The Morgan fingerprint density at radius 2 is 2.22 bits per heavy atom. The van der Waals surface area contributed by atoms with Crippen LogP contribution in [0, 0.1) is 12.8 Å². The van der Waals surface area contributed by atoms with Gasteiger partial charge < -0.3 is 5.11 Å². The maximum Gasteiger partial charge on any atom is 0.347 e. The molecule has 0 aromatic carbocycles. The van der Waals surface area contributed by atoms with Crippen LogP contribution in [0.1, 0.15) is 28.6 Å². The van der Waals surface area contributed by atoms with E-state index >= 15 is 0 Å². The van der Waals surface area contributed by atoms with Crippen LogP contribution in [0.15, 0.2) is 10.3 Å². The second-order valence-electron chi connectivity index (χ2n) is 4.64. The maximum atomic E-state index is 12.5. The highest BCUT2D eigenvalue weighted by atomic mass is 32.2. The number of carboxylic acids is 1. The minimum absolute atomic E-state index is 0.0332. The molecular weight excluding hydrogens is 274 g/mol. The zero-order valence-electron chi connectivity index (χ0n) is 10.2. The summed E-state index contributed by atoms with van der Waals surface area (Å²) in [6.07, 6.45) is 0.824. The van der Waals surface area contributed by atoms with Crippen LogP contribution in [-0.4, -0.2) is 36.9 Å². The smallest absolute Gasteiger partial charge is 0.347 e. The lowest BCUT2D eigenvalue weighted by Gasteiger charge is -2.16. The molecule has 1 aliphatic rings. The number of aromatic carboxylic acids is 1. The minimum atomic E-state index is -3.67. The summed E-state index contributed by atoms with van der Waals surface area (Å²) in [7, 11) is -3.67. The number of rotatable bonds is 3. The number of nitrogens with zero attached hydrogens (tertiary/aromatic N) is 1. The fourth-order valence-corrected chi connectivity index (χ4v) is 5.30. The molecule has 1 unspecified atom stereocenters. The first-order valence-electron chi connectivity index (χ1n) is 5.65. The number of sulfonamides is 1. The van der Waals surface area contributed by atoms with E-state index in [0.29, 0.717) is 24.6 Å². The van der Waals surface area contributed by atoms with Crippen molar-refractivity contribution in [1.29, 1.82) is 0 Å². The number of hydrogen-bond donors (Lipinski definition) is 1. The Hall–Kier alpha value is -0.920. The monoisotopic (exact) mass is 289 g/mol. The molecule has 0 bridgehead atoms. The topological polar surface area (TPSA) is 74.7 Å². The Morgan fingerprint density at radius 3 is 2.72 bits per heavy atom. The summed E-state index contributed by atoms with van der Waals surface area (Å²) in [5, 5.41) is 10.6. The van der Waals surface area contributed by atoms with Crippen LogP contribution < -0.4 is 0 Å². The van der Waals surface area contributed by atoms with Crippen molar-refractivity contribution < 1.29 is 18.3 Å². The van der Waals surface area contributed by atoms with Gasteiger partial charge in [-0.25, -0.2) is 13.2 Å². The molecule has 1 N–H and O–H groups in total. The number of carboxylic acid groups (broad SMARTS) is 1. The predicted molar refractivity (Wildman–Crippen MR) is 68.6 cm³/mol. The number of hydrogen-bond acceptors (Lipinski definition) is 4. The Labute approximate surface area is 110 Å². The van der Waals surface area contributed by atoms with Crippen LogP contribution in [0.5, 0.6) is 0 Å². The molecule has 1 fully saturated rings. The van der Waals surface area contributed by atoms with Crippen molar-refractivity contribution in [2.45, 2.75) is 25.2 Å². The van der Waals surface area contributed by atoms with Crippen molar-refractivity contribution in [3.05, 3.63) is 15.8 Å². The molecule has 1 saturated heterocycles. The molecule has 5 nitrogen and oxygen atoms in total. The van der Waals surface area contributed by atoms with Crippen LogP contribution in [0.4, 0.5) is 0 Å². The summed E-state index contributed by atoms with van der Waals surface area (Å²) in [4.78, 5) is 11.0. The van der Waals surface area contributed by atoms with Gasteiger partial charge in [0.05, 0.1) is 0 Å². The van der Waals surface area contributed by atoms with Crippen molar-refractivity contribution in [2.75, 3.05) is 13.1 Å². The van der Waals surface area contributed by atoms with E-state index < -0.39 is 16.0 Å². The predicted octanol–water partition coefficient (Wildman–Crippen LogP) is 1.79. The lowest BCUT2D eigenvalue weighted by molar-refractivity contribution is 0.0698. The van der Waals surface area contributed by atoms with Crippen LogP contribution >= 0.6 is 11.3 Å². The second-order valence-corrected chi connectivity index (χ2v) is 7.39. The van der Waals surface area contributed by atoms with Gasteiger partial charge >= 0.3 is 5.97 Å². The standard InChI is InChI=1S/C11H15NO4S2/c1-7-3-4-12(5-7)18(15,16)10-8(2)6-17-9(10)11(13)14/h6-7H,3-5H2,1-2H3,(H,13,14). The summed E-state index contributed by atoms with van der Waals surface area (Å²) in [5.74, 6) is -0.856. The van der Waals surface area contributed by atoms with Crippen LogP contribution in [0.2, 0.25) is 0 Å². The van der Waals surface area contributed by atoms with Gasteiger partial charge in [-0.2, -0.15) is 4.31 Å². The summed E-state index contributed by atoms with van der Waals surface area (Å²) in [6, 6.07) is 0. The lowest BCUT2D eigenvalue weighted by atomic mass is 10.2. The molecule has 0 saturated carbocycles. The SMILES string of the molecule is Cc1csc(C(=O)O)c1S(=O)(=O)N1CCC(C)C1. The Kier molecular flexibility index (Phi) is 3.48. The fourth-order valence-electron chi connectivity index (χ4n) is 2.14. The van der Waals surface area contributed by atoms with Gasteiger partial charge in [0.1, 0.15) is 9.77 Å². The third-order valence-electron chi connectivity index (χ3n) is 3.10. The van der Waals surface area contributed by atoms with Gasteiger partial charge in [-0.1, -0.05) is 6.92 Å². The molecule has 0 radical (unpaired) electrons. The van der Waals surface area contributed by atoms with E-state index in [1.807, 2.05) is 6.92 Å². The van der Waals surface area contributed by atoms with E-state index in [4.69, 9.17) is 5.11 Å². The average Bonchev–Trinajstić information content (AvgIpc) is 2.84. The summed E-state index contributed by atoms with van der Waals surface area (Å²) in [5.41, 5.74) is 0.511. The maximum absolute atomic E-state index is 12.5. The molecule has 1 aliphatic heterocycles. The fraction of sp³-hybridized carbons (Fsp3) is 0.545.